The Morgan fingerprint density at radius 3 is 2.43 bits per heavy atom. The van der Waals surface area contributed by atoms with E-state index in [4.69, 9.17) is 0 Å². The van der Waals surface area contributed by atoms with Crippen LogP contribution in [0.15, 0.2) is 30.3 Å². The molecule has 0 fully saturated rings. The van der Waals surface area contributed by atoms with Crippen molar-refractivity contribution in [2.75, 3.05) is 33.7 Å². The molecule has 0 aliphatic heterocycles. The van der Waals surface area contributed by atoms with Gasteiger partial charge < -0.3 is 15.5 Å². The number of halogens is 2. The lowest BCUT2D eigenvalue weighted by molar-refractivity contribution is -0.121. The van der Waals surface area contributed by atoms with E-state index in [0.29, 0.717) is 6.42 Å². The van der Waals surface area contributed by atoms with Gasteiger partial charge in [0.1, 0.15) is 0 Å². The minimum absolute atomic E-state index is 0. The van der Waals surface area contributed by atoms with Crippen LogP contribution in [0.5, 0.6) is 0 Å². The van der Waals surface area contributed by atoms with Gasteiger partial charge in [0.15, 0.2) is 0 Å². The van der Waals surface area contributed by atoms with Crippen molar-refractivity contribution >= 4 is 30.7 Å². The predicted octanol–water partition coefficient (Wildman–Crippen LogP) is 2.08. The molecule has 122 valence electrons. The third kappa shape index (κ3) is 11.5. The molecule has 1 aromatic rings. The molecule has 0 aromatic heterocycles. The number of carbonyl (C=O) groups excluding carboxylic acids is 1. The Labute approximate surface area is 140 Å². The Kier molecular flexibility index (Phi) is 15.1. The van der Waals surface area contributed by atoms with E-state index in [1.54, 1.807) is 0 Å². The molecule has 1 amide bonds. The molecule has 21 heavy (non-hydrogen) atoms. The number of hydrogen-bond donors (Lipinski definition) is 2. The van der Waals surface area contributed by atoms with Crippen LogP contribution in [0.1, 0.15) is 18.4 Å². The molecule has 0 unspecified atom stereocenters. The molecule has 0 saturated heterocycles. The molecule has 1 rings (SSSR count). The maximum Gasteiger partial charge on any atom is 0.221 e. The zero-order valence-electron chi connectivity index (χ0n) is 12.8. The van der Waals surface area contributed by atoms with Gasteiger partial charge in [0.05, 0.1) is 0 Å². The van der Waals surface area contributed by atoms with Gasteiger partial charge in [-0.25, -0.2) is 0 Å². The monoisotopic (exact) mass is 335 g/mol. The van der Waals surface area contributed by atoms with E-state index in [-0.39, 0.29) is 30.7 Å². The maximum absolute atomic E-state index is 11.4. The second-order valence-corrected chi connectivity index (χ2v) is 4.78. The number of benzene rings is 1. The van der Waals surface area contributed by atoms with Gasteiger partial charge in [0.2, 0.25) is 5.91 Å². The van der Waals surface area contributed by atoms with Crippen molar-refractivity contribution in [3.63, 3.8) is 0 Å². The lowest BCUT2D eigenvalue weighted by Gasteiger charge is -2.16. The molecule has 6 heteroatoms. The molecular formula is C15H27Cl2N3O. The van der Waals surface area contributed by atoms with Crippen LogP contribution in [0.25, 0.3) is 0 Å². The van der Waals surface area contributed by atoms with E-state index in [9.17, 15) is 4.79 Å². The second-order valence-electron chi connectivity index (χ2n) is 4.78. The van der Waals surface area contributed by atoms with Gasteiger partial charge in [-0.1, -0.05) is 30.3 Å². The number of amides is 1. The fraction of sp³-hybridized carbons (Fsp3) is 0.533. The van der Waals surface area contributed by atoms with Gasteiger partial charge in [-0.2, -0.15) is 0 Å². The molecule has 0 aliphatic carbocycles. The summed E-state index contributed by atoms with van der Waals surface area (Å²) in [5.41, 5.74) is 1.32. The average molecular weight is 336 g/mol. The standard InChI is InChI=1S/C15H25N3O.2ClH/c1-16-11-9-15(19)17-10-6-12-18(2)13-14-7-4-3-5-8-14;;/h3-5,7-8,16H,6,9-13H2,1-2H3,(H,17,19);2*1H. The Bertz CT molecular complexity index is 363. The summed E-state index contributed by atoms with van der Waals surface area (Å²) < 4.78 is 0. The first-order valence-corrected chi connectivity index (χ1v) is 6.86. The Morgan fingerprint density at radius 1 is 1.14 bits per heavy atom. The minimum Gasteiger partial charge on any atom is -0.356 e. The minimum atomic E-state index is 0. The van der Waals surface area contributed by atoms with E-state index in [1.807, 2.05) is 13.1 Å². The summed E-state index contributed by atoms with van der Waals surface area (Å²) in [6.07, 6.45) is 1.53. The van der Waals surface area contributed by atoms with E-state index >= 15 is 0 Å². The fourth-order valence-corrected chi connectivity index (χ4v) is 1.88. The van der Waals surface area contributed by atoms with Crippen LogP contribution in [-0.2, 0) is 11.3 Å². The van der Waals surface area contributed by atoms with E-state index in [1.165, 1.54) is 5.56 Å². The molecule has 0 saturated carbocycles. The normalized spacial score (nSPS) is 9.67. The van der Waals surface area contributed by atoms with E-state index in [0.717, 1.165) is 32.6 Å². The first-order chi connectivity index (χ1) is 9.22. The van der Waals surface area contributed by atoms with Crippen LogP contribution < -0.4 is 10.6 Å². The summed E-state index contributed by atoms with van der Waals surface area (Å²) in [7, 11) is 3.96. The van der Waals surface area contributed by atoms with Gasteiger partial charge in [0.25, 0.3) is 0 Å². The number of nitrogens with one attached hydrogen (secondary N) is 2. The molecule has 0 radical (unpaired) electrons. The largest absolute Gasteiger partial charge is 0.356 e. The fourth-order valence-electron chi connectivity index (χ4n) is 1.88. The van der Waals surface area contributed by atoms with Crippen LogP contribution in [0, 0.1) is 0 Å². The second kappa shape index (κ2) is 14.1. The Hall–Kier alpha value is -0.810. The van der Waals surface area contributed by atoms with E-state index in [2.05, 4.69) is 46.8 Å². The first-order valence-electron chi connectivity index (χ1n) is 6.86. The van der Waals surface area contributed by atoms with Crippen LogP contribution in [0.3, 0.4) is 0 Å². The van der Waals surface area contributed by atoms with Gasteiger partial charge in [0, 0.05) is 26.1 Å². The molecule has 0 spiro atoms. The van der Waals surface area contributed by atoms with Crippen LogP contribution >= 0.6 is 24.8 Å². The topological polar surface area (TPSA) is 44.4 Å². The summed E-state index contributed by atoms with van der Waals surface area (Å²) in [4.78, 5) is 13.6. The molecule has 0 bridgehead atoms. The van der Waals surface area contributed by atoms with Crippen molar-refractivity contribution in [2.45, 2.75) is 19.4 Å². The number of rotatable bonds is 9. The van der Waals surface area contributed by atoms with Crippen molar-refractivity contribution in [3.05, 3.63) is 35.9 Å². The van der Waals surface area contributed by atoms with Crippen molar-refractivity contribution in [1.29, 1.82) is 0 Å². The highest BCUT2D eigenvalue weighted by Crippen LogP contribution is 2.02. The molecule has 2 N–H and O–H groups in total. The zero-order valence-corrected chi connectivity index (χ0v) is 14.4. The summed E-state index contributed by atoms with van der Waals surface area (Å²) in [5, 5.41) is 5.90. The van der Waals surface area contributed by atoms with Gasteiger partial charge >= 0.3 is 0 Å². The lowest BCUT2D eigenvalue weighted by Crippen LogP contribution is -2.29. The summed E-state index contributed by atoms with van der Waals surface area (Å²) >= 11 is 0. The Balaban J connectivity index is 0. The summed E-state index contributed by atoms with van der Waals surface area (Å²) in [5.74, 6) is 0.125. The highest BCUT2D eigenvalue weighted by atomic mass is 35.5. The Morgan fingerprint density at radius 2 is 1.81 bits per heavy atom. The molecule has 0 atom stereocenters. The highest BCUT2D eigenvalue weighted by Gasteiger charge is 2.01. The van der Waals surface area contributed by atoms with Crippen LogP contribution in [-0.4, -0.2) is 44.5 Å². The first kappa shape index (κ1) is 22.5. The lowest BCUT2D eigenvalue weighted by atomic mass is 10.2. The predicted molar refractivity (Wildman–Crippen MR) is 93.4 cm³/mol. The maximum atomic E-state index is 11.4. The van der Waals surface area contributed by atoms with Crippen molar-refractivity contribution in [3.8, 4) is 0 Å². The molecule has 4 nitrogen and oxygen atoms in total. The number of hydrogen-bond acceptors (Lipinski definition) is 3. The van der Waals surface area contributed by atoms with E-state index < -0.39 is 0 Å². The highest BCUT2D eigenvalue weighted by molar-refractivity contribution is 5.85. The quantitative estimate of drug-likeness (QED) is 0.679. The van der Waals surface area contributed by atoms with Crippen molar-refractivity contribution in [1.82, 2.24) is 15.5 Å². The molecular weight excluding hydrogens is 309 g/mol. The number of nitrogens with zero attached hydrogens (tertiary/aromatic N) is 1. The third-order valence-corrected chi connectivity index (χ3v) is 2.94. The zero-order chi connectivity index (χ0) is 13.9. The van der Waals surface area contributed by atoms with Crippen molar-refractivity contribution in [2.24, 2.45) is 0 Å². The average Bonchev–Trinajstić information content (AvgIpc) is 2.42. The van der Waals surface area contributed by atoms with Crippen LogP contribution in [0.2, 0.25) is 0 Å². The smallest absolute Gasteiger partial charge is 0.221 e. The molecule has 0 heterocycles. The third-order valence-electron chi connectivity index (χ3n) is 2.94. The van der Waals surface area contributed by atoms with Crippen LogP contribution in [0.4, 0.5) is 0 Å². The molecule has 1 aromatic carbocycles. The van der Waals surface area contributed by atoms with Gasteiger partial charge in [-0.15, -0.1) is 24.8 Å². The number of carbonyl (C=O) groups is 1. The van der Waals surface area contributed by atoms with Gasteiger partial charge in [-0.05, 0) is 32.6 Å². The SMILES string of the molecule is CNCCC(=O)NCCCN(C)Cc1ccccc1.Cl.Cl. The molecule has 0 aliphatic rings. The summed E-state index contributed by atoms with van der Waals surface area (Å²) in [6.45, 7) is 3.43. The van der Waals surface area contributed by atoms with Gasteiger partial charge in [-0.3, -0.25) is 4.79 Å². The van der Waals surface area contributed by atoms with Crippen molar-refractivity contribution < 1.29 is 4.79 Å². The summed E-state index contributed by atoms with van der Waals surface area (Å²) in [6, 6.07) is 10.4.